The van der Waals surface area contributed by atoms with Gasteiger partial charge in [0.25, 0.3) is 0 Å². The number of rotatable bonds is 5. The molecule has 4 N–H and O–H groups in total. The third kappa shape index (κ3) is 3.63. The highest BCUT2D eigenvalue weighted by atomic mass is 16.3. The number of aliphatic hydroxyl groups is 1. The molecule has 3 heteroatoms. The smallest absolute Gasteiger partial charge is 0.0443 e. The molecule has 1 aliphatic rings. The SMILES string of the molecule is NCC1CCCCC1NCCCO. The minimum atomic E-state index is 0.285. The van der Waals surface area contributed by atoms with E-state index in [0.29, 0.717) is 12.0 Å². The first-order chi connectivity index (χ1) is 6.38. The van der Waals surface area contributed by atoms with E-state index < -0.39 is 0 Å². The fourth-order valence-electron chi connectivity index (χ4n) is 2.13. The van der Waals surface area contributed by atoms with Gasteiger partial charge >= 0.3 is 0 Å². The third-order valence-corrected chi connectivity index (χ3v) is 2.95. The number of hydrogen-bond acceptors (Lipinski definition) is 3. The molecular formula is C10H22N2O. The molecule has 1 saturated carbocycles. The highest BCUT2D eigenvalue weighted by molar-refractivity contribution is 4.81. The van der Waals surface area contributed by atoms with E-state index in [-0.39, 0.29) is 6.61 Å². The molecule has 2 unspecified atom stereocenters. The van der Waals surface area contributed by atoms with Gasteiger partial charge in [0, 0.05) is 12.6 Å². The van der Waals surface area contributed by atoms with Gasteiger partial charge in [-0.1, -0.05) is 12.8 Å². The Bertz CT molecular complexity index is 130. The molecule has 1 fully saturated rings. The summed E-state index contributed by atoms with van der Waals surface area (Å²) < 4.78 is 0. The summed E-state index contributed by atoms with van der Waals surface area (Å²) in [5.41, 5.74) is 5.71. The maximum absolute atomic E-state index is 8.65. The van der Waals surface area contributed by atoms with Crippen LogP contribution >= 0.6 is 0 Å². The van der Waals surface area contributed by atoms with E-state index in [9.17, 15) is 0 Å². The van der Waals surface area contributed by atoms with Crippen LogP contribution in [0.25, 0.3) is 0 Å². The maximum atomic E-state index is 8.65. The van der Waals surface area contributed by atoms with E-state index in [1.165, 1.54) is 25.7 Å². The zero-order chi connectivity index (χ0) is 9.52. The lowest BCUT2D eigenvalue weighted by Gasteiger charge is -2.31. The van der Waals surface area contributed by atoms with E-state index >= 15 is 0 Å². The minimum absolute atomic E-state index is 0.285. The molecule has 3 nitrogen and oxygen atoms in total. The van der Waals surface area contributed by atoms with Gasteiger partial charge in [0.15, 0.2) is 0 Å². The fourth-order valence-corrected chi connectivity index (χ4v) is 2.13. The van der Waals surface area contributed by atoms with E-state index in [2.05, 4.69) is 5.32 Å². The number of nitrogens with one attached hydrogen (secondary N) is 1. The molecule has 0 bridgehead atoms. The predicted molar refractivity (Wildman–Crippen MR) is 54.5 cm³/mol. The van der Waals surface area contributed by atoms with E-state index in [1.807, 2.05) is 0 Å². The summed E-state index contributed by atoms with van der Waals surface area (Å²) in [5.74, 6) is 0.660. The molecule has 13 heavy (non-hydrogen) atoms. The number of aliphatic hydroxyl groups excluding tert-OH is 1. The molecule has 0 radical (unpaired) electrons. The van der Waals surface area contributed by atoms with E-state index in [4.69, 9.17) is 10.8 Å². The topological polar surface area (TPSA) is 58.3 Å². The van der Waals surface area contributed by atoms with Crippen LogP contribution in [-0.4, -0.2) is 30.8 Å². The maximum Gasteiger partial charge on any atom is 0.0443 e. The molecule has 0 heterocycles. The van der Waals surface area contributed by atoms with Gasteiger partial charge in [0.1, 0.15) is 0 Å². The van der Waals surface area contributed by atoms with Crippen molar-refractivity contribution in [2.24, 2.45) is 11.7 Å². The molecule has 2 atom stereocenters. The molecule has 0 aromatic rings. The van der Waals surface area contributed by atoms with E-state index in [1.54, 1.807) is 0 Å². The van der Waals surface area contributed by atoms with Crippen molar-refractivity contribution in [3.8, 4) is 0 Å². The van der Waals surface area contributed by atoms with Gasteiger partial charge in [0.2, 0.25) is 0 Å². The van der Waals surface area contributed by atoms with Gasteiger partial charge in [-0.2, -0.15) is 0 Å². The standard InChI is InChI=1S/C10H22N2O/c11-8-9-4-1-2-5-10(9)12-6-3-7-13/h9-10,12-13H,1-8,11H2. The first-order valence-corrected chi connectivity index (χ1v) is 5.42. The molecule has 78 valence electrons. The summed E-state index contributed by atoms with van der Waals surface area (Å²) in [6, 6.07) is 0.602. The van der Waals surface area contributed by atoms with Crippen LogP contribution < -0.4 is 11.1 Å². The largest absolute Gasteiger partial charge is 0.396 e. The third-order valence-electron chi connectivity index (χ3n) is 2.95. The second-order valence-electron chi connectivity index (χ2n) is 3.92. The molecule has 0 spiro atoms. The van der Waals surface area contributed by atoms with Crippen molar-refractivity contribution in [2.75, 3.05) is 19.7 Å². The van der Waals surface area contributed by atoms with Crippen molar-refractivity contribution in [1.29, 1.82) is 0 Å². The van der Waals surface area contributed by atoms with Crippen molar-refractivity contribution in [3.05, 3.63) is 0 Å². The lowest BCUT2D eigenvalue weighted by atomic mass is 9.84. The van der Waals surface area contributed by atoms with Crippen molar-refractivity contribution in [3.63, 3.8) is 0 Å². The Morgan fingerprint density at radius 1 is 1.31 bits per heavy atom. The molecular weight excluding hydrogens is 164 g/mol. The normalized spacial score (nSPS) is 29.1. The van der Waals surface area contributed by atoms with Gasteiger partial charge in [0.05, 0.1) is 0 Å². The Labute approximate surface area is 80.7 Å². The van der Waals surface area contributed by atoms with Crippen LogP contribution in [0.15, 0.2) is 0 Å². The Morgan fingerprint density at radius 3 is 2.77 bits per heavy atom. The van der Waals surface area contributed by atoms with Crippen molar-refractivity contribution in [1.82, 2.24) is 5.32 Å². The second-order valence-corrected chi connectivity index (χ2v) is 3.92. The van der Waals surface area contributed by atoms with Gasteiger partial charge in [-0.15, -0.1) is 0 Å². The van der Waals surface area contributed by atoms with Crippen LogP contribution in [0.3, 0.4) is 0 Å². The van der Waals surface area contributed by atoms with Gasteiger partial charge in [-0.05, 0) is 38.3 Å². The Hall–Kier alpha value is -0.120. The number of nitrogens with two attached hydrogens (primary N) is 1. The summed E-state index contributed by atoms with van der Waals surface area (Å²) in [6.45, 7) is 2.02. The van der Waals surface area contributed by atoms with Crippen LogP contribution in [0.5, 0.6) is 0 Å². The fraction of sp³-hybridized carbons (Fsp3) is 1.00. The molecule has 1 aliphatic carbocycles. The summed E-state index contributed by atoms with van der Waals surface area (Å²) >= 11 is 0. The minimum Gasteiger partial charge on any atom is -0.396 e. The average molecular weight is 186 g/mol. The monoisotopic (exact) mass is 186 g/mol. The predicted octanol–water partition coefficient (Wildman–Crippen LogP) is 0.476. The van der Waals surface area contributed by atoms with Crippen LogP contribution in [-0.2, 0) is 0 Å². The van der Waals surface area contributed by atoms with Crippen LogP contribution in [0.4, 0.5) is 0 Å². The number of hydrogen-bond donors (Lipinski definition) is 3. The molecule has 0 aliphatic heterocycles. The summed E-state index contributed by atoms with van der Waals surface area (Å²) in [5, 5.41) is 12.1. The van der Waals surface area contributed by atoms with Crippen molar-refractivity contribution >= 4 is 0 Å². The molecule has 0 saturated heterocycles. The highest BCUT2D eigenvalue weighted by Gasteiger charge is 2.22. The summed E-state index contributed by atoms with van der Waals surface area (Å²) in [7, 11) is 0. The average Bonchev–Trinajstić information content (AvgIpc) is 2.19. The first-order valence-electron chi connectivity index (χ1n) is 5.42. The lowest BCUT2D eigenvalue weighted by molar-refractivity contribution is 0.248. The van der Waals surface area contributed by atoms with Crippen LogP contribution in [0.1, 0.15) is 32.1 Å². The molecule has 1 rings (SSSR count). The highest BCUT2D eigenvalue weighted by Crippen LogP contribution is 2.23. The molecule has 0 aromatic heterocycles. The van der Waals surface area contributed by atoms with Crippen molar-refractivity contribution < 1.29 is 5.11 Å². The zero-order valence-electron chi connectivity index (χ0n) is 8.34. The zero-order valence-corrected chi connectivity index (χ0v) is 8.34. The van der Waals surface area contributed by atoms with Gasteiger partial charge in [-0.25, -0.2) is 0 Å². The Kier molecular flexibility index (Phi) is 5.35. The van der Waals surface area contributed by atoms with Gasteiger partial charge in [-0.3, -0.25) is 0 Å². The lowest BCUT2D eigenvalue weighted by Crippen LogP contribution is -2.42. The van der Waals surface area contributed by atoms with Crippen LogP contribution in [0, 0.1) is 5.92 Å². The Morgan fingerprint density at radius 2 is 2.08 bits per heavy atom. The van der Waals surface area contributed by atoms with Crippen molar-refractivity contribution in [2.45, 2.75) is 38.1 Å². The Balaban J connectivity index is 2.19. The van der Waals surface area contributed by atoms with Gasteiger partial charge < -0.3 is 16.2 Å². The van der Waals surface area contributed by atoms with E-state index in [0.717, 1.165) is 19.5 Å². The molecule has 0 amide bonds. The second kappa shape index (κ2) is 6.35. The summed E-state index contributed by atoms with van der Waals surface area (Å²) in [6.07, 6.45) is 6.04. The molecule has 0 aromatic carbocycles. The quantitative estimate of drug-likeness (QED) is 0.547. The first kappa shape index (κ1) is 11.0. The van der Waals surface area contributed by atoms with Crippen LogP contribution in [0.2, 0.25) is 0 Å². The summed E-state index contributed by atoms with van der Waals surface area (Å²) in [4.78, 5) is 0.